The molecule has 0 bridgehead atoms. The summed E-state index contributed by atoms with van der Waals surface area (Å²) < 4.78 is 0. The lowest BCUT2D eigenvalue weighted by atomic mass is 9.97. The molecule has 0 unspecified atom stereocenters. The molecule has 0 saturated carbocycles. The summed E-state index contributed by atoms with van der Waals surface area (Å²) in [7, 11) is 1.65. The number of hydrogen-bond acceptors (Lipinski definition) is 3. The Morgan fingerprint density at radius 2 is 1.75 bits per heavy atom. The van der Waals surface area contributed by atoms with Crippen molar-refractivity contribution in [1.29, 1.82) is 0 Å². The molecule has 1 amide bonds. The Morgan fingerprint density at radius 3 is 2.25 bits per heavy atom. The molecule has 0 aromatic heterocycles. The summed E-state index contributed by atoms with van der Waals surface area (Å²) in [6.07, 6.45) is 3.79. The first-order valence-corrected chi connectivity index (χ1v) is 7.41. The highest BCUT2D eigenvalue weighted by Crippen LogP contribution is 2.19. The molecule has 0 radical (unpaired) electrons. The Kier molecular flexibility index (Phi) is 7.23. The Labute approximate surface area is 125 Å². The lowest BCUT2D eigenvalue weighted by molar-refractivity contribution is -0.135. The second-order valence-electron chi connectivity index (χ2n) is 4.80. The molecule has 1 rings (SSSR count). The van der Waals surface area contributed by atoms with Gasteiger partial charge in [-0.3, -0.25) is 4.79 Å². The smallest absolute Gasteiger partial charge is 0.246 e. The zero-order valence-corrected chi connectivity index (χ0v) is 13.1. The lowest BCUT2D eigenvalue weighted by Crippen LogP contribution is -2.28. The predicted molar refractivity (Wildman–Crippen MR) is 82.0 cm³/mol. The minimum absolute atomic E-state index is 0.0337. The number of carbonyl (C=O) groups is 1. The molecule has 0 aliphatic heterocycles. The summed E-state index contributed by atoms with van der Waals surface area (Å²) in [6.45, 7) is 4.18. The van der Waals surface area contributed by atoms with Gasteiger partial charge in [0.15, 0.2) is 0 Å². The van der Waals surface area contributed by atoms with Crippen molar-refractivity contribution in [3.63, 3.8) is 0 Å². The highest BCUT2D eigenvalue weighted by Gasteiger charge is 2.20. The van der Waals surface area contributed by atoms with E-state index in [2.05, 4.69) is 24.2 Å². The fourth-order valence-electron chi connectivity index (χ4n) is 2.02. The molecule has 110 valence electrons. The quantitative estimate of drug-likeness (QED) is 0.515. The van der Waals surface area contributed by atoms with Gasteiger partial charge in [-0.15, -0.1) is 5.11 Å². The molecule has 0 fully saturated rings. The topological polar surface area (TPSA) is 45.0 Å². The van der Waals surface area contributed by atoms with E-state index in [1.54, 1.807) is 31.3 Å². The Balaban J connectivity index is 2.65. The molecule has 5 heteroatoms. The van der Waals surface area contributed by atoms with Crippen LogP contribution in [0.5, 0.6) is 0 Å². The molecule has 1 aromatic carbocycles. The predicted octanol–water partition coefficient (Wildman–Crippen LogP) is 5.01. The van der Waals surface area contributed by atoms with Crippen LogP contribution in [-0.4, -0.2) is 18.0 Å². The van der Waals surface area contributed by atoms with Crippen LogP contribution in [0, 0.1) is 5.92 Å². The standard InChI is InChI=1S/C15H22ClN3O/c1-4-6-12(7-5-2)15(20)19(3)18-17-14-10-8-13(16)9-11-14/h8-12H,4-7H2,1-3H3. The van der Waals surface area contributed by atoms with Crippen molar-refractivity contribution in [2.75, 3.05) is 7.05 Å². The zero-order chi connectivity index (χ0) is 15.0. The largest absolute Gasteiger partial charge is 0.273 e. The van der Waals surface area contributed by atoms with Gasteiger partial charge in [0.05, 0.1) is 5.69 Å². The molecule has 0 aliphatic rings. The SMILES string of the molecule is CCCC(CCC)C(=O)N(C)N=Nc1ccc(Cl)cc1. The Morgan fingerprint density at radius 1 is 1.20 bits per heavy atom. The van der Waals surface area contributed by atoms with E-state index in [4.69, 9.17) is 11.6 Å². The first-order valence-electron chi connectivity index (χ1n) is 7.03. The third-order valence-electron chi connectivity index (χ3n) is 3.06. The molecule has 0 heterocycles. The van der Waals surface area contributed by atoms with E-state index in [1.165, 1.54) is 5.01 Å². The van der Waals surface area contributed by atoms with E-state index >= 15 is 0 Å². The number of nitrogens with zero attached hydrogens (tertiary/aromatic N) is 3. The summed E-state index contributed by atoms with van der Waals surface area (Å²) in [5.41, 5.74) is 0.677. The molecule has 0 aliphatic carbocycles. The first kappa shape index (κ1) is 16.6. The average molecular weight is 296 g/mol. The van der Waals surface area contributed by atoms with Crippen molar-refractivity contribution in [2.24, 2.45) is 16.3 Å². The van der Waals surface area contributed by atoms with Gasteiger partial charge in [0.1, 0.15) is 0 Å². The van der Waals surface area contributed by atoms with Crippen molar-refractivity contribution < 1.29 is 4.79 Å². The van der Waals surface area contributed by atoms with Crippen molar-refractivity contribution in [3.05, 3.63) is 29.3 Å². The van der Waals surface area contributed by atoms with Gasteiger partial charge >= 0.3 is 0 Å². The maximum Gasteiger partial charge on any atom is 0.246 e. The Bertz CT molecular complexity index is 439. The highest BCUT2D eigenvalue weighted by atomic mass is 35.5. The molecule has 20 heavy (non-hydrogen) atoms. The summed E-state index contributed by atoms with van der Waals surface area (Å²) in [6, 6.07) is 7.02. The number of amides is 1. The van der Waals surface area contributed by atoms with Gasteiger partial charge in [-0.05, 0) is 37.1 Å². The normalized spacial score (nSPS) is 11.2. The van der Waals surface area contributed by atoms with Crippen molar-refractivity contribution >= 4 is 23.2 Å². The zero-order valence-electron chi connectivity index (χ0n) is 12.3. The van der Waals surface area contributed by atoms with Crippen molar-refractivity contribution in [1.82, 2.24) is 5.01 Å². The number of hydrogen-bond donors (Lipinski definition) is 0. The van der Waals surface area contributed by atoms with Gasteiger partial charge in [0, 0.05) is 18.0 Å². The van der Waals surface area contributed by atoms with E-state index in [9.17, 15) is 4.79 Å². The molecule has 1 aromatic rings. The Hall–Kier alpha value is -1.42. The van der Waals surface area contributed by atoms with E-state index in [0.717, 1.165) is 25.7 Å². The number of rotatable bonds is 7. The summed E-state index contributed by atoms with van der Waals surface area (Å²) >= 11 is 5.80. The monoisotopic (exact) mass is 295 g/mol. The van der Waals surface area contributed by atoms with Crippen LogP contribution in [0.2, 0.25) is 5.02 Å². The third kappa shape index (κ3) is 5.29. The van der Waals surface area contributed by atoms with Gasteiger partial charge in [0.25, 0.3) is 0 Å². The van der Waals surface area contributed by atoms with Crippen LogP contribution in [0.1, 0.15) is 39.5 Å². The number of halogens is 1. The molecule has 0 saturated heterocycles. The van der Waals surface area contributed by atoms with E-state index in [-0.39, 0.29) is 11.8 Å². The van der Waals surface area contributed by atoms with Crippen LogP contribution < -0.4 is 0 Å². The van der Waals surface area contributed by atoms with Crippen LogP contribution >= 0.6 is 11.6 Å². The minimum atomic E-state index is 0.0337. The fourth-order valence-corrected chi connectivity index (χ4v) is 2.15. The van der Waals surface area contributed by atoms with Gasteiger partial charge in [-0.1, -0.05) is 43.5 Å². The minimum Gasteiger partial charge on any atom is -0.273 e. The van der Waals surface area contributed by atoms with Gasteiger partial charge in [-0.25, -0.2) is 5.01 Å². The molecule has 4 nitrogen and oxygen atoms in total. The van der Waals surface area contributed by atoms with Gasteiger partial charge in [-0.2, -0.15) is 0 Å². The lowest BCUT2D eigenvalue weighted by Gasteiger charge is -2.18. The second-order valence-corrected chi connectivity index (χ2v) is 5.24. The molecule has 0 spiro atoms. The van der Waals surface area contributed by atoms with E-state index < -0.39 is 0 Å². The summed E-state index contributed by atoms with van der Waals surface area (Å²) in [4.78, 5) is 12.2. The molecular weight excluding hydrogens is 274 g/mol. The number of benzene rings is 1. The van der Waals surface area contributed by atoms with Crippen molar-refractivity contribution in [2.45, 2.75) is 39.5 Å². The molecule has 0 N–H and O–H groups in total. The maximum absolute atomic E-state index is 12.2. The maximum atomic E-state index is 12.2. The van der Waals surface area contributed by atoms with Crippen LogP contribution in [0.15, 0.2) is 34.6 Å². The summed E-state index contributed by atoms with van der Waals surface area (Å²) in [5, 5.41) is 10.0. The second kappa shape index (κ2) is 8.69. The average Bonchev–Trinajstić information content (AvgIpc) is 2.45. The van der Waals surface area contributed by atoms with Crippen LogP contribution in [-0.2, 0) is 4.79 Å². The molecule has 0 atom stereocenters. The van der Waals surface area contributed by atoms with Crippen LogP contribution in [0.3, 0.4) is 0 Å². The first-order chi connectivity index (χ1) is 9.58. The molecular formula is C15H22ClN3O. The fraction of sp³-hybridized carbons (Fsp3) is 0.533. The van der Waals surface area contributed by atoms with E-state index in [0.29, 0.717) is 10.7 Å². The van der Waals surface area contributed by atoms with Crippen molar-refractivity contribution in [3.8, 4) is 0 Å². The highest BCUT2D eigenvalue weighted by molar-refractivity contribution is 6.30. The number of carbonyl (C=O) groups excluding carboxylic acids is 1. The summed E-state index contributed by atoms with van der Waals surface area (Å²) in [5.74, 6) is 0.0746. The van der Waals surface area contributed by atoms with Crippen LogP contribution in [0.4, 0.5) is 5.69 Å². The van der Waals surface area contributed by atoms with Gasteiger partial charge in [0.2, 0.25) is 5.91 Å². The van der Waals surface area contributed by atoms with E-state index in [1.807, 2.05) is 0 Å². The third-order valence-corrected chi connectivity index (χ3v) is 3.32. The van der Waals surface area contributed by atoms with Crippen LogP contribution in [0.25, 0.3) is 0 Å². The van der Waals surface area contributed by atoms with Gasteiger partial charge < -0.3 is 0 Å².